The lowest BCUT2D eigenvalue weighted by atomic mass is 10.1. The summed E-state index contributed by atoms with van der Waals surface area (Å²) in [6, 6.07) is 1.50. The van der Waals surface area contributed by atoms with E-state index in [1.165, 1.54) is 12.3 Å². The van der Waals surface area contributed by atoms with Gasteiger partial charge in [0.2, 0.25) is 5.88 Å². The van der Waals surface area contributed by atoms with Crippen LogP contribution >= 0.6 is 11.6 Å². The van der Waals surface area contributed by atoms with Crippen LogP contribution in [-0.4, -0.2) is 47.5 Å². The van der Waals surface area contributed by atoms with E-state index in [0.29, 0.717) is 24.7 Å². The molecule has 0 aliphatic carbocycles. The molecule has 6 nitrogen and oxygen atoms in total. The smallest absolute Gasteiger partial charge is 0.253 e. The SMILES string of the molecule is CC(C)(CO)NC(=O)c1cnc(OC2CCOC2)c(Cl)c1. The average Bonchev–Trinajstić information content (AvgIpc) is 2.93. The van der Waals surface area contributed by atoms with Gasteiger partial charge in [0.1, 0.15) is 11.1 Å². The molecular formula is C14H19ClN2O4. The Kier molecular flexibility index (Phi) is 5.03. The number of hydrogen-bond acceptors (Lipinski definition) is 5. The standard InChI is InChI=1S/C14H19ClN2O4/c1-14(2,8-18)17-12(19)9-5-11(15)13(16-6-9)21-10-3-4-20-7-10/h5-6,10,18H,3-4,7-8H2,1-2H3,(H,17,19). The average molecular weight is 315 g/mol. The minimum Gasteiger partial charge on any atom is -0.471 e. The van der Waals surface area contributed by atoms with Crippen LogP contribution in [0.15, 0.2) is 12.3 Å². The third kappa shape index (κ3) is 4.30. The molecule has 1 amide bonds. The maximum atomic E-state index is 12.0. The van der Waals surface area contributed by atoms with Gasteiger partial charge in [0.15, 0.2) is 0 Å². The van der Waals surface area contributed by atoms with E-state index in [-0.39, 0.29) is 23.6 Å². The van der Waals surface area contributed by atoms with E-state index in [9.17, 15) is 4.79 Å². The summed E-state index contributed by atoms with van der Waals surface area (Å²) in [5.41, 5.74) is -0.392. The first-order valence-corrected chi connectivity index (χ1v) is 7.12. The third-order valence-electron chi connectivity index (χ3n) is 3.08. The van der Waals surface area contributed by atoms with Gasteiger partial charge >= 0.3 is 0 Å². The molecule has 116 valence electrons. The van der Waals surface area contributed by atoms with E-state index in [1.807, 2.05) is 0 Å². The van der Waals surface area contributed by atoms with Crippen molar-refractivity contribution < 1.29 is 19.4 Å². The van der Waals surface area contributed by atoms with Crippen molar-refractivity contribution in [2.45, 2.75) is 31.9 Å². The summed E-state index contributed by atoms with van der Waals surface area (Å²) < 4.78 is 10.8. The molecule has 1 aromatic rings. The van der Waals surface area contributed by atoms with Gasteiger partial charge in [-0.15, -0.1) is 0 Å². The van der Waals surface area contributed by atoms with Crippen LogP contribution in [0.25, 0.3) is 0 Å². The predicted octanol–water partition coefficient (Wildman–Crippen LogP) is 1.40. The Bertz CT molecular complexity index is 516. The number of rotatable bonds is 5. The van der Waals surface area contributed by atoms with Crippen molar-refractivity contribution in [2.24, 2.45) is 0 Å². The lowest BCUT2D eigenvalue weighted by Gasteiger charge is -2.23. The Morgan fingerprint density at radius 2 is 2.43 bits per heavy atom. The van der Waals surface area contributed by atoms with E-state index in [2.05, 4.69) is 10.3 Å². The first-order valence-electron chi connectivity index (χ1n) is 6.74. The number of aliphatic hydroxyl groups excluding tert-OH is 1. The molecule has 1 atom stereocenters. The normalized spacial score (nSPS) is 18.6. The molecule has 1 aliphatic rings. The number of nitrogens with one attached hydrogen (secondary N) is 1. The second-order valence-corrected chi connectivity index (χ2v) is 6.02. The summed E-state index contributed by atoms with van der Waals surface area (Å²) in [4.78, 5) is 16.1. The summed E-state index contributed by atoms with van der Waals surface area (Å²) in [5.74, 6) is -0.0515. The highest BCUT2D eigenvalue weighted by Gasteiger charge is 2.22. The molecule has 2 heterocycles. The number of hydrogen-bond donors (Lipinski definition) is 2. The predicted molar refractivity (Wildman–Crippen MR) is 77.7 cm³/mol. The zero-order valence-electron chi connectivity index (χ0n) is 12.1. The van der Waals surface area contributed by atoms with Crippen LogP contribution < -0.4 is 10.1 Å². The van der Waals surface area contributed by atoms with Crippen molar-refractivity contribution >= 4 is 17.5 Å². The highest BCUT2D eigenvalue weighted by Crippen LogP contribution is 2.25. The van der Waals surface area contributed by atoms with Gasteiger partial charge in [0, 0.05) is 12.6 Å². The van der Waals surface area contributed by atoms with Crippen molar-refractivity contribution in [3.63, 3.8) is 0 Å². The first kappa shape index (κ1) is 16.0. The van der Waals surface area contributed by atoms with Crippen LogP contribution in [0.1, 0.15) is 30.6 Å². The zero-order valence-corrected chi connectivity index (χ0v) is 12.8. The van der Waals surface area contributed by atoms with Gasteiger partial charge in [-0.25, -0.2) is 4.98 Å². The molecule has 2 N–H and O–H groups in total. The molecule has 21 heavy (non-hydrogen) atoms. The van der Waals surface area contributed by atoms with Crippen LogP contribution in [0.4, 0.5) is 0 Å². The van der Waals surface area contributed by atoms with Crippen LogP contribution in [0, 0.1) is 0 Å². The summed E-state index contributed by atoms with van der Waals surface area (Å²) >= 11 is 6.10. The quantitative estimate of drug-likeness (QED) is 0.858. The molecule has 1 aliphatic heterocycles. The van der Waals surface area contributed by atoms with Crippen LogP contribution in [0.5, 0.6) is 5.88 Å². The molecule has 0 spiro atoms. The Hall–Kier alpha value is -1.37. The van der Waals surface area contributed by atoms with Crippen molar-refractivity contribution in [1.29, 1.82) is 0 Å². The molecule has 0 saturated carbocycles. The largest absolute Gasteiger partial charge is 0.471 e. The molecular weight excluding hydrogens is 296 g/mol. The Labute approximate surface area is 128 Å². The minimum atomic E-state index is -0.708. The molecule has 7 heteroatoms. The number of ether oxygens (including phenoxy) is 2. The van der Waals surface area contributed by atoms with Crippen LogP contribution in [0.3, 0.4) is 0 Å². The molecule has 1 saturated heterocycles. The Morgan fingerprint density at radius 3 is 3.00 bits per heavy atom. The van der Waals surface area contributed by atoms with Crippen LogP contribution in [0.2, 0.25) is 5.02 Å². The lowest BCUT2D eigenvalue weighted by Crippen LogP contribution is -2.46. The monoisotopic (exact) mass is 314 g/mol. The van der Waals surface area contributed by atoms with E-state index in [0.717, 1.165) is 6.42 Å². The number of aromatic nitrogens is 1. The summed E-state index contributed by atoms with van der Waals surface area (Å²) in [6.45, 7) is 4.46. The maximum absolute atomic E-state index is 12.0. The van der Waals surface area contributed by atoms with Crippen molar-refractivity contribution in [3.8, 4) is 5.88 Å². The summed E-state index contributed by atoms with van der Waals surface area (Å²) in [6.07, 6.45) is 2.15. The van der Waals surface area contributed by atoms with Crippen molar-refractivity contribution in [1.82, 2.24) is 10.3 Å². The number of pyridine rings is 1. The summed E-state index contributed by atoms with van der Waals surface area (Å²) in [7, 11) is 0. The van der Waals surface area contributed by atoms with E-state index >= 15 is 0 Å². The second-order valence-electron chi connectivity index (χ2n) is 5.61. The number of carbonyl (C=O) groups is 1. The van der Waals surface area contributed by atoms with Gasteiger partial charge in [-0.1, -0.05) is 11.6 Å². The molecule has 0 aromatic carbocycles. The van der Waals surface area contributed by atoms with Crippen LogP contribution in [-0.2, 0) is 4.74 Å². The Balaban J connectivity index is 2.05. The second kappa shape index (κ2) is 6.60. The van der Waals surface area contributed by atoms with Gasteiger partial charge in [-0.05, 0) is 19.9 Å². The van der Waals surface area contributed by atoms with Gasteiger partial charge < -0.3 is 19.9 Å². The van der Waals surface area contributed by atoms with Gasteiger partial charge in [-0.3, -0.25) is 4.79 Å². The number of halogens is 1. The van der Waals surface area contributed by atoms with Crippen molar-refractivity contribution in [2.75, 3.05) is 19.8 Å². The van der Waals surface area contributed by atoms with Gasteiger partial charge in [-0.2, -0.15) is 0 Å². The molecule has 0 bridgehead atoms. The zero-order chi connectivity index (χ0) is 15.5. The van der Waals surface area contributed by atoms with E-state index < -0.39 is 5.54 Å². The topological polar surface area (TPSA) is 80.7 Å². The number of nitrogens with zero attached hydrogens (tertiary/aromatic N) is 1. The highest BCUT2D eigenvalue weighted by molar-refractivity contribution is 6.32. The minimum absolute atomic E-state index is 0.0528. The Morgan fingerprint density at radius 1 is 1.67 bits per heavy atom. The van der Waals surface area contributed by atoms with Gasteiger partial charge in [0.25, 0.3) is 5.91 Å². The summed E-state index contributed by atoms with van der Waals surface area (Å²) in [5, 5.41) is 12.1. The first-order chi connectivity index (χ1) is 9.91. The number of carbonyl (C=O) groups excluding carboxylic acids is 1. The molecule has 0 radical (unpaired) electrons. The fourth-order valence-electron chi connectivity index (χ4n) is 1.82. The number of amides is 1. The van der Waals surface area contributed by atoms with E-state index in [1.54, 1.807) is 13.8 Å². The molecule has 2 rings (SSSR count). The maximum Gasteiger partial charge on any atom is 0.253 e. The lowest BCUT2D eigenvalue weighted by molar-refractivity contribution is 0.0868. The number of aliphatic hydroxyl groups is 1. The highest BCUT2D eigenvalue weighted by atomic mass is 35.5. The molecule has 1 aromatic heterocycles. The third-order valence-corrected chi connectivity index (χ3v) is 3.35. The molecule has 1 fully saturated rings. The fraction of sp³-hybridized carbons (Fsp3) is 0.571. The fourth-order valence-corrected chi connectivity index (χ4v) is 2.03. The van der Waals surface area contributed by atoms with Gasteiger partial charge in [0.05, 0.1) is 30.9 Å². The van der Waals surface area contributed by atoms with E-state index in [4.69, 9.17) is 26.2 Å². The molecule has 1 unspecified atom stereocenters. The van der Waals surface area contributed by atoms with Crippen molar-refractivity contribution in [3.05, 3.63) is 22.8 Å².